The number of hydrogen-bond acceptors (Lipinski definition) is 2. The number of rotatable bonds is 8. The molecule has 40 heavy (non-hydrogen) atoms. The highest BCUT2D eigenvalue weighted by molar-refractivity contribution is 6.51. The first-order valence-electron chi connectivity index (χ1n) is 14.3. The lowest BCUT2D eigenvalue weighted by Crippen LogP contribution is -2.31. The van der Waals surface area contributed by atoms with Crippen molar-refractivity contribution in [1.82, 2.24) is 14.0 Å². The first-order chi connectivity index (χ1) is 19.5. The van der Waals surface area contributed by atoms with Crippen LogP contribution in [0.4, 0.5) is 0 Å². The molecular formula is C35H35N3O2. The van der Waals surface area contributed by atoms with Crippen molar-refractivity contribution < 1.29 is 9.59 Å². The van der Waals surface area contributed by atoms with E-state index in [1.54, 1.807) is 0 Å². The second-order valence-electron chi connectivity index (χ2n) is 10.7. The molecule has 0 saturated heterocycles. The van der Waals surface area contributed by atoms with Crippen molar-refractivity contribution >= 4 is 44.8 Å². The number of fused-ring (bicyclic) bond motifs is 2. The van der Waals surface area contributed by atoms with Gasteiger partial charge in [-0.25, -0.2) is 0 Å². The Bertz CT molecular complexity index is 1690. The molecule has 1 aliphatic heterocycles. The lowest BCUT2D eigenvalue weighted by molar-refractivity contribution is -0.136. The zero-order chi connectivity index (χ0) is 28.0. The zero-order valence-corrected chi connectivity index (χ0v) is 23.7. The summed E-state index contributed by atoms with van der Waals surface area (Å²) >= 11 is 0. The molecule has 0 saturated carbocycles. The maximum atomic E-state index is 14.5. The standard InChI is InChI=1S/C35H35N3O2/c1-5-20-36-23(3)30(26-16-10-12-18-28(26)36)32-33(35(40)38(34(32)39)22-25-14-8-7-9-15-25)31-24(4)37(21-6-2)29-19-13-11-17-27(29)31/h7-19H,5-6,20-22H2,1-4H3. The van der Waals surface area contributed by atoms with Crippen LogP contribution in [-0.4, -0.2) is 25.8 Å². The molecule has 5 nitrogen and oxygen atoms in total. The number of carbonyl (C=O) groups excluding carboxylic acids is 2. The summed E-state index contributed by atoms with van der Waals surface area (Å²) in [7, 11) is 0. The molecule has 0 unspecified atom stereocenters. The number of imide groups is 1. The topological polar surface area (TPSA) is 47.2 Å². The Labute approximate surface area is 235 Å². The molecule has 1 aliphatic rings. The molecule has 0 radical (unpaired) electrons. The monoisotopic (exact) mass is 529 g/mol. The van der Waals surface area contributed by atoms with Crippen molar-refractivity contribution in [2.45, 2.75) is 60.2 Å². The molecule has 202 valence electrons. The summed E-state index contributed by atoms with van der Waals surface area (Å²) in [5.41, 5.74) is 7.95. The molecule has 5 aromatic rings. The Morgan fingerprint density at radius 2 is 1.00 bits per heavy atom. The van der Waals surface area contributed by atoms with E-state index in [1.807, 2.05) is 54.6 Å². The van der Waals surface area contributed by atoms with Crippen LogP contribution in [-0.2, 0) is 29.2 Å². The minimum atomic E-state index is -0.224. The van der Waals surface area contributed by atoms with Crippen LogP contribution < -0.4 is 0 Å². The third-order valence-electron chi connectivity index (χ3n) is 8.21. The second-order valence-corrected chi connectivity index (χ2v) is 10.7. The van der Waals surface area contributed by atoms with Crippen molar-refractivity contribution in [3.05, 3.63) is 107 Å². The van der Waals surface area contributed by atoms with Gasteiger partial charge < -0.3 is 9.13 Å². The number of hydrogen-bond donors (Lipinski definition) is 0. The number of amides is 2. The van der Waals surface area contributed by atoms with Gasteiger partial charge >= 0.3 is 0 Å². The van der Waals surface area contributed by atoms with Gasteiger partial charge in [-0.3, -0.25) is 14.5 Å². The van der Waals surface area contributed by atoms with Crippen LogP contribution in [0.2, 0.25) is 0 Å². The smallest absolute Gasteiger partial charge is 0.262 e. The van der Waals surface area contributed by atoms with E-state index < -0.39 is 0 Å². The highest BCUT2D eigenvalue weighted by Crippen LogP contribution is 2.45. The number of nitrogens with zero attached hydrogens (tertiary/aromatic N) is 3. The van der Waals surface area contributed by atoms with E-state index in [9.17, 15) is 9.59 Å². The van der Waals surface area contributed by atoms with E-state index in [-0.39, 0.29) is 18.4 Å². The SMILES string of the molecule is CCCn1c(C)c(C2=C(c3c(C)n(CCC)c4ccccc34)C(=O)N(Cc3ccccc3)C2=O)c2ccccc21. The quantitative estimate of drug-likeness (QED) is 0.195. The van der Waals surface area contributed by atoms with E-state index in [2.05, 4.69) is 61.1 Å². The van der Waals surface area contributed by atoms with E-state index in [0.717, 1.165) is 75.8 Å². The first kappa shape index (κ1) is 25.9. The fourth-order valence-electron chi connectivity index (χ4n) is 6.47. The summed E-state index contributed by atoms with van der Waals surface area (Å²) in [6.45, 7) is 10.4. The number of benzene rings is 3. The van der Waals surface area contributed by atoms with Crippen molar-refractivity contribution in [3.63, 3.8) is 0 Å². The predicted octanol–water partition coefficient (Wildman–Crippen LogP) is 7.51. The molecule has 0 bridgehead atoms. The first-order valence-corrected chi connectivity index (χ1v) is 14.3. The Morgan fingerprint density at radius 3 is 1.45 bits per heavy atom. The molecule has 3 heterocycles. The Kier molecular flexibility index (Phi) is 6.67. The molecule has 0 aliphatic carbocycles. The van der Waals surface area contributed by atoms with Crippen LogP contribution in [0.25, 0.3) is 33.0 Å². The average molecular weight is 530 g/mol. The largest absolute Gasteiger partial charge is 0.344 e. The van der Waals surface area contributed by atoms with Crippen molar-refractivity contribution in [2.75, 3.05) is 0 Å². The third kappa shape index (κ3) is 3.91. The lowest BCUT2D eigenvalue weighted by atomic mass is 9.93. The highest BCUT2D eigenvalue weighted by atomic mass is 16.2. The summed E-state index contributed by atoms with van der Waals surface area (Å²) in [6.07, 6.45) is 1.95. The molecule has 6 rings (SSSR count). The van der Waals surface area contributed by atoms with E-state index in [1.165, 1.54) is 4.90 Å². The van der Waals surface area contributed by atoms with Gasteiger partial charge in [0.25, 0.3) is 11.8 Å². The van der Waals surface area contributed by atoms with Gasteiger partial charge in [0.2, 0.25) is 0 Å². The average Bonchev–Trinajstić information content (AvgIpc) is 3.49. The van der Waals surface area contributed by atoms with Crippen LogP contribution in [0.3, 0.4) is 0 Å². The molecule has 2 aromatic heterocycles. The maximum Gasteiger partial charge on any atom is 0.262 e. The maximum absolute atomic E-state index is 14.5. The minimum Gasteiger partial charge on any atom is -0.344 e. The van der Waals surface area contributed by atoms with Gasteiger partial charge in [-0.1, -0.05) is 80.6 Å². The van der Waals surface area contributed by atoms with Gasteiger partial charge in [-0.2, -0.15) is 0 Å². The van der Waals surface area contributed by atoms with Gasteiger partial charge in [-0.05, 0) is 44.4 Å². The third-order valence-corrected chi connectivity index (χ3v) is 8.21. The molecule has 0 fully saturated rings. The van der Waals surface area contributed by atoms with E-state index in [0.29, 0.717) is 11.1 Å². The summed E-state index contributed by atoms with van der Waals surface area (Å²) in [5, 5.41) is 2.03. The van der Waals surface area contributed by atoms with E-state index in [4.69, 9.17) is 0 Å². The van der Waals surface area contributed by atoms with E-state index >= 15 is 0 Å². The fraction of sp³-hybridized carbons (Fsp3) is 0.257. The Morgan fingerprint density at radius 1 is 0.575 bits per heavy atom. The molecule has 0 spiro atoms. The summed E-state index contributed by atoms with van der Waals surface area (Å²) < 4.78 is 4.58. The van der Waals surface area contributed by atoms with Gasteiger partial charge in [0.1, 0.15) is 0 Å². The van der Waals surface area contributed by atoms with Crippen molar-refractivity contribution in [3.8, 4) is 0 Å². The van der Waals surface area contributed by atoms with Gasteiger partial charge in [-0.15, -0.1) is 0 Å². The number of aryl methyl sites for hydroxylation is 2. The van der Waals surface area contributed by atoms with Gasteiger partial charge in [0.05, 0.1) is 17.7 Å². The lowest BCUT2D eigenvalue weighted by Gasteiger charge is -2.15. The van der Waals surface area contributed by atoms with Gasteiger partial charge in [0.15, 0.2) is 0 Å². The molecule has 2 amide bonds. The number of aromatic nitrogens is 2. The molecule has 0 N–H and O–H groups in total. The Hall–Kier alpha value is -4.38. The minimum absolute atomic E-state index is 0.224. The second kappa shape index (κ2) is 10.3. The van der Waals surface area contributed by atoms with Crippen LogP contribution in [0.5, 0.6) is 0 Å². The molecule has 5 heteroatoms. The molecular weight excluding hydrogens is 494 g/mol. The highest BCUT2D eigenvalue weighted by Gasteiger charge is 2.43. The van der Waals surface area contributed by atoms with Crippen molar-refractivity contribution in [1.29, 1.82) is 0 Å². The predicted molar refractivity (Wildman–Crippen MR) is 163 cm³/mol. The van der Waals surface area contributed by atoms with Crippen LogP contribution in [0, 0.1) is 13.8 Å². The number of carbonyl (C=O) groups is 2. The zero-order valence-electron chi connectivity index (χ0n) is 23.7. The Balaban J connectivity index is 1.68. The molecule has 0 atom stereocenters. The number of para-hydroxylation sites is 2. The van der Waals surface area contributed by atoms with Crippen LogP contribution in [0.1, 0.15) is 54.8 Å². The van der Waals surface area contributed by atoms with Gasteiger partial charge in [0, 0.05) is 57.4 Å². The summed E-state index contributed by atoms with van der Waals surface area (Å²) in [5.74, 6) is -0.448. The van der Waals surface area contributed by atoms with Crippen LogP contribution in [0.15, 0.2) is 78.9 Å². The normalized spacial score (nSPS) is 13.9. The van der Waals surface area contributed by atoms with Crippen LogP contribution >= 0.6 is 0 Å². The fourth-order valence-corrected chi connectivity index (χ4v) is 6.47. The summed E-state index contributed by atoms with van der Waals surface area (Å²) in [4.78, 5) is 30.4. The molecule has 3 aromatic carbocycles. The van der Waals surface area contributed by atoms with Crippen molar-refractivity contribution in [2.24, 2.45) is 0 Å². The summed E-state index contributed by atoms with van der Waals surface area (Å²) in [6, 6.07) is 26.3.